The van der Waals surface area contributed by atoms with Crippen LogP contribution in [0.5, 0.6) is 5.75 Å². The summed E-state index contributed by atoms with van der Waals surface area (Å²) >= 11 is 3.22. The summed E-state index contributed by atoms with van der Waals surface area (Å²) < 4.78 is 8.40. The molecule has 2 aromatic carbocycles. The van der Waals surface area contributed by atoms with Gasteiger partial charge in [0.2, 0.25) is 5.13 Å². The van der Waals surface area contributed by atoms with Gasteiger partial charge in [-0.2, -0.15) is 0 Å². The third kappa shape index (κ3) is 3.77. The second kappa shape index (κ2) is 7.98. The summed E-state index contributed by atoms with van der Waals surface area (Å²) in [5, 5.41) is 12.4. The van der Waals surface area contributed by atoms with Gasteiger partial charge >= 0.3 is 0 Å². The van der Waals surface area contributed by atoms with Crippen molar-refractivity contribution in [1.29, 1.82) is 0 Å². The van der Waals surface area contributed by atoms with Crippen LogP contribution in [0.1, 0.15) is 12.7 Å². The van der Waals surface area contributed by atoms with Gasteiger partial charge in [-0.25, -0.2) is 4.98 Å². The van der Waals surface area contributed by atoms with E-state index in [1.165, 1.54) is 0 Å². The standard InChI is InChI=1S/C19H19N5OS2/c1-3-20-18-22-23-19(27-18)26-12-17-21-15-6-4-5-7-16(15)24(17)13-8-10-14(25-2)11-9-13/h4-11H,3,12H2,1-2H3,(H,20,22). The van der Waals surface area contributed by atoms with Gasteiger partial charge in [0.15, 0.2) is 4.34 Å². The van der Waals surface area contributed by atoms with Crippen molar-refractivity contribution in [2.45, 2.75) is 17.0 Å². The minimum Gasteiger partial charge on any atom is -0.497 e. The number of methoxy groups -OCH3 is 1. The molecule has 6 nitrogen and oxygen atoms in total. The van der Waals surface area contributed by atoms with Crippen molar-refractivity contribution in [3.8, 4) is 11.4 Å². The molecular weight excluding hydrogens is 378 g/mol. The molecule has 0 aliphatic heterocycles. The maximum Gasteiger partial charge on any atom is 0.206 e. The summed E-state index contributed by atoms with van der Waals surface area (Å²) in [6.07, 6.45) is 0. The zero-order chi connectivity index (χ0) is 18.6. The van der Waals surface area contributed by atoms with Crippen LogP contribution in [0.4, 0.5) is 5.13 Å². The lowest BCUT2D eigenvalue weighted by molar-refractivity contribution is 0.414. The van der Waals surface area contributed by atoms with Gasteiger partial charge in [0.05, 0.1) is 23.9 Å². The summed E-state index contributed by atoms with van der Waals surface area (Å²) in [6, 6.07) is 16.2. The van der Waals surface area contributed by atoms with E-state index in [1.807, 2.05) is 37.3 Å². The van der Waals surface area contributed by atoms with Crippen LogP contribution in [-0.4, -0.2) is 33.4 Å². The Balaban J connectivity index is 1.66. The molecule has 27 heavy (non-hydrogen) atoms. The Bertz CT molecular complexity index is 1040. The van der Waals surface area contributed by atoms with Gasteiger partial charge in [-0.15, -0.1) is 10.2 Å². The number of nitrogens with zero attached hydrogens (tertiary/aromatic N) is 4. The molecule has 0 amide bonds. The number of fused-ring (bicyclic) bond motifs is 1. The number of benzene rings is 2. The predicted molar refractivity (Wildman–Crippen MR) is 111 cm³/mol. The lowest BCUT2D eigenvalue weighted by atomic mass is 10.2. The van der Waals surface area contributed by atoms with Crippen LogP contribution in [0.3, 0.4) is 0 Å². The van der Waals surface area contributed by atoms with E-state index >= 15 is 0 Å². The molecular formula is C19H19N5OS2. The molecule has 0 saturated carbocycles. The number of anilines is 1. The van der Waals surface area contributed by atoms with Crippen molar-refractivity contribution in [1.82, 2.24) is 19.7 Å². The smallest absolute Gasteiger partial charge is 0.206 e. The van der Waals surface area contributed by atoms with Gasteiger partial charge in [-0.3, -0.25) is 4.57 Å². The molecule has 2 heterocycles. The van der Waals surface area contributed by atoms with Gasteiger partial charge in [0.1, 0.15) is 11.6 Å². The van der Waals surface area contributed by atoms with Gasteiger partial charge in [0.25, 0.3) is 0 Å². The van der Waals surface area contributed by atoms with E-state index in [-0.39, 0.29) is 0 Å². The second-order valence-corrected chi connectivity index (χ2v) is 7.94. The highest BCUT2D eigenvalue weighted by Crippen LogP contribution is 2.31. The van der Waals surface area contributed by atoms with E-state index < -0.39 is 0 Å². The largest absolute Gasteiger partial charge is 0.497 e. The maximum atomic E-state index is 5.28. The van der Waals surface area contributed by atoms with Crippen molar-refractivity contribution in [3.63, 3.8) is 0 Å². The summed E-state index contributed by atoms with van der Waals surface area (Å²) in [6.45, 7) is 2.89. The van der Waals surface area contributed by atoms with Gasteiger partial charge < -0.3 is 10.1 Å². The zero-order valence-corrected chi connectivity index (χ0v) is 16.7. The molecule has 0 radical (unpaired) electrons. The molecule has 0 aliphatic carbocycles. The number of nitrogens with one attached hydrogen (secondary N) is 1. The van der Waals surface area contributed by atoms with Crippen LogP contribution in [0.25, 0.3) is 16.7 Å². The monoisotopic (exact) mass is 397 g/mol. The lowest BCUT2D eigenvalue weighted by Gasteiger charge is -2.09. The zero-order valence-electron chi connectivity index (χ0n) is 15.0. The highest BCUT2D eigenvalue weighted by Gasteiger charge is 2.14. The fraction of sp³-hybridized carbons (Fsp3) is 0.211. The molecule has 0 spiro atoms. The first-order valence-electron chi connectivity index (χ1n) is 8.59. The van der Waals surface area contributed by atoms with E-state index in [2.05, 4.69) is 38.3 Å². The summed E-state index contributed by atoms with van der Waals surface area (Å²) in [5.41, 5.74) is 3.13. The normalized spacial score (nSPS) is 11.0. The molecule has 0 saturated heterocycles. The first kappa shape index (κ1) is 17.8. The highest BCUT2D eigenvalue weighted by atomic mass is 32.2. The van der Waals surface area contributed by atoms with Crippen LogP contribution in [0.2, 0.25) is 0 Å². The van der Waals surface area contributed by atoms with Crippen LogP contribution in [0.15, 0.2) is 52.9 Å². The highest BCUT2D eigenvalue weighted by molar-refractivity contribution is 8.00. The van der Waals surface area contributed by atoms with E-state index in [4.69, 9.17) is 9.72 Å². The van der Waals surface area contributed by atoms with Crippen molar-refractivity contribution < 1.29 is 4.74 Å². The number of hydrogen-bond donors (Lipinski definition) is 1. The van der Waals surface area contributed by atoms with Crippen LogP contribution in [0, 0.1) is 0 Å². The van der Waals surface area contributed by atoms with Crippen LogP contribution >= 0.6 is 23.1 Å². The summed E-state index contributed by atoms with van der Waals surface area (Å²) in [7, 11) is 1.67. The average molecular weight is 398 g/mol. The Morgan fingerprint density at radius 1 is 1.11 bits per heavy atom. The first-order chi connectivity index (χ1) is 13.3. The Labute approximate surface area is 165 Å². The van der Waals surface area contributed by atoms with Crippen molar-refractivity contribution in [2.24, 2.45) is 0 Å². The molecule has 0 aliphatic rings. The molecule has 4 rings (SSSR count). The Morgan fingerprint density at radius 2 is 1.93 bits per heavy atom. The third-order valence-electron chi connectivity index (χ3n) is 4.02. The molecule has 0 fully saturated rings. The second-order valence-electron chi connectivity index (χ2n) is 5.74. The number of imidazole rings is 1. The number of thioether (sulfide) groups is 1. The minimum absolute atomic E-state index is 0.710. The van der Waals surface area contributed by atoms with E-state index in [0.717, 1.165) is 44.3 Å². The lowest BCUT2D eigenvalue weighted by Crippen LogP contribution is -2.00. The van der Waals surface area contributed by atoms with E-state index in [9.17, 15) is 0 Å². The van der Waals surface area contributed by atoms with E-state index in [1.54, 1.807) is 30.2 Å². The fourth-order valence-corrected chi connectivity index (χ4v) is 4.55. The van der Waals surface area contributed by atoms with Gasteiger partial charge in [-0.1, -0.05) is 35.2 Å². The molecule has 138 valence electrons. The van der Waals surface area contributed by atoms with Crippen molar-refractivity contribution >= 4 is 39.3 Å². The number of aromatic nitrogens is 4. The van der Waals surface area contributed by atoms with Gasteiger partial charge in [-0.05, 0) is 43.3 Å². The van der Waals surface area contributed by atoms with Crippen LogP contribution < -0.4 is 10.1 Å². The SMILES string of the molecule is CCNc1nnc(SCc2nc3ccccc3n2-c2ccc(OC)cc2)s1. The number of hydrogen-bond acceptors (Lipinski definition) is 7. The Hall–Kier alpha value is -2.58. The molecule has 8 heteroatoms. The number of rotatable bonds is 7. The Kier molecular flexibility index (Phi) is 5.26. The predicted octanol–water partition coefficient (Wildman–Crippen LogP) is 4.61. The van der Waals surface area contributed by atoms with Crippen molar-refractivity contribution in [3.05, 3.63) is 54.4 Å². The maximum absolute atomic E-state index is 5.28. The molecule has 0 atom stereocenters. The summed E-state index contributed by atoms with van der Waals surface area (Å²) in [4.78, 5) is 4.84. The molecule has 1 N–H and O–H groups in total. The Morgan fingerprint density at radius 3 is 2.70 bits per heavy atom. The number of para-hydroxylation sites is 2. The average Bonchev–Trinajstić information content (AvgIpc) is 3.30. The molecule has 4 aromatic rings. The van der Waals surface area contributed by atoms with Gasteiger partial charge in [0, 0.05) is 12.2 Å². The summed E-state index contributed by atoms with van der Waals surface area (Å²) in [5.74, 6) is 2.53. The third-order valence-corrected chi connectivity index (χ3v) is 6.03. The van der Waals surface area contributed by atoms with E-state index in [0.29, 0.717) is 5.75 Å². The fourth-order valence-electron chi connectivity index (χ4n) is 2.81. The van der Waals surface area contributed by atoms with Crippen molar-refractivity contribution in [2.75, 3.05) is 19.0 Å². The quantitative estimate of drug-likeness (QED) is 0.460. The minimum atomic E-state index is 0.710. The molecule has 0 unspecified atom stereocenters. The topological polar surface area (TPSA) is 64.9 Å². The molecule has 2 aromatic heterocycles. The molecule has 0 bridgehead atoms. The van der Waals surface area contributed by atoms with Crippen LogP contribution in [-0.2, 0) is 5.75 Å². The first-order valence-corrected chi connectivity index (χ1v) is 10.4. The number of ether oxygens (including phenoxy) is 1.